The van der Waals surface area contributed by atoms with Gasteiger partial charge in [-0.15, -0.1) is 0 Å². The van der Waals surface area contributed by atoms with Crippen LogP contribution in [0, 0.1) is 0 Å². The highest BCUT2D eigenvalue weighted by molar-refractivity contribution is 5.93. The third-order valence-corrected chi connectivity index (χ3v) is 2.59. The maximum Gasteiger partial charge on any atom is 0.224 e. The van der Waals surface area contributed by atoms with Crippen molar-refractivity contribution in [1.29, 1.82) is 0 Å². The lowest BCUT2D eigenvalue weighted by Gasteiger charge is -2.07. The van der Waals surface area contributed by atoms with Crippen molar-refractivity contribution in [3.05, 3.63) is 24.3 Å². The fraction of sp³-hybridized carbons (Fsp3) is 0.462. The van der Waals surface area contributed by atoms with Crippen LogP contribution in [0.4, 0.5) is 11.4 Å². The number of carbonyl (C=O) groups is 1. The number of amides is 1. The summed E-state index contributed by atoms with van der Waals surface area (Å²) in [6.45, 7) is 0.729. The van der Waals surface area contributed by atoms with E-state index in [4.69, 9.17) is 11.5 Å². The molecule has 0 aliphatic heterocycles. The maximum atomic E-state index is 11.6. The van der Waals surface area contributed by atoms with Crippen LogP contribution < -0.4 is 16.8 Å². The number of hydrogen-bond donors (Lipinski definition) is 3. The van der Waals surface area contributed by atoms with Crippen molar-refractivity contribution in [2.75, 3.05) is 17.6 Å². The average Bonchev–Trinajstić information content (AvgIpc) is 2.32. The predicted molar refractivity (Wildman–Crippen MR) is 71.6 cm³/mol. The molecule has 17 heavy (non-hydrogen) atoms. The molecule has 0 unspecified atom stereocenters. The summed E-state index contributed by atoms with van der Waals surface area (Å²) in [7, 11) is 0. The molecule has 0 bridgehead atoms. The highest BCUT2D eigenvalue weighted by Gasteiger charge is 2.03. The Labute approximate surface area is 102 Å². The van der Waals surface area contributed by atoms with E-state index >= 15 is 0 Å². The maximum absolute atomic E-state index is 11.6. The summed E-state index contributed by atoms with van der Waals surface area (Å²) in [5.41, 5.74) is 12.4. The van der Waals surface area contributed by atoms with Gasteiger partial charge in [-0.25, -0.2) is 0 Å². The fourth-order valence-electron chi connectivity index (χ4n) is 1.61. The van der Waals surface area contributed by atoms with Crippen molar-refractivity contribution in [1.82, 2.24) is 0 Å². The van der Waals surface area contributed by atoms with Gasteiger partial charge in [-0.3, -0.25) is 4.79 Å². The van der Waals surface area contributed by atoms with E-state index in [2.05, 4.69) is 5.32 Å². The number of unbranched alkanes of at least 4 members (excludes halogenated alkanes) is 3. The smallest absolute Gasteiger partial charge is 0.224 e. The highest BCUT2D eigenvalue weighted by atomic mass is 16.1. The van der Waals surface area contributed by atoms with E-state index in [1.807, 2.05) is 18.2 Å². The molecule has 5 N–H and O–H groups in total. The van der Waals surface area contributed by atoms with E-state index in [0.717, 1.165) is 32.2 Å². The van der Waals surface area contributed by atoms with Crippen LogP contribution in [0.25, 0.3) is 0 Å². The summed E-state index contributed by atoms with van der Waals surface area (Å²) in [6, 6.07) is 7.28. The van der Waals surface area contributed by atoms with E-state index in [9.17, 15) is 4.79 Å². The van der Waals surface area contributed by atoms with Crippen LogP contribution in [0.3, 0.4) is 0 Å². The van der Waals surface area contributed by atoms with Crippen LogP contribution in [-0.4, -0.2) is 12.5 Å². The second-order valence-corrected chi connectivity index (χ2v) is 4.09. The third kappa shape index (κ3) is 5.36. The molecule has 0 aromatic heterocycles. The van der Waals surface area contributed by atoms with Crippen LogP contribution in [0.2, 0.25) is 0 Å². The Morgan fingerprint density at radius 3 is 2.53 bits per heavy atom. The van der Waals surface area contributed by atoms with Crippen LogP contribution in [0.5, 0.6) is 0 Å². The predicted octanol–water partition coefficient (Wildman–Crippen LogP) is 2.12. The van der Waals surface area contributed by atoms with Crippen LogP contribution in [0.1, 0.15) is 32.1 Å². The number of anilines is 2. The summed E-state index contributed by atoms with van der Waals surface area (Å²) in [4.78, 5) is 11.6. The molecule has 0 fully saturated rings. The molecule has 0 spiro atoms. The van der Waals surface area contributed by atoms with Crippen LogP contribution in [0.15, 0.2) is 24.3 Å². The second-order valence-electron chi connectivity index (χ2n) is 4.09. The monoisotopic (exact) mass is 235 g/mol. The van der Waals surface area contributed by atoms with Gasteiger partial charge in [0.15, 0.2) is 0 Å². The lowest BCUT2D eigenvalue weighted by Crippen LogP contribution is -2.12. The topological polar surface area (TPSA) is 81.1 Å². The Kier molecular flexibility index (Phi) is 6.10. The van der Waals surface area contributed by atoms with E-state index in [1.54, 1.807) is 6.07 Å². The molecule has 0 aliphatic carbocycles. The Morgan fingerprint density at radius 2 is 1.82 bits per heavy atom. The Balaban J connectivity index is 2.23. The summed E-state index contributed by atoms with van der Waals surface area (Å²) in [6.07, 6.45) is 4.62. The lowest BCUT2D eigenvalue weighted by molar-refractivity contribution is -0.116. The summed E-state index contributed by atoms with van der Waals surface area (Å²) in [5.74, 6) is 0.0237. The van der Waals surface area contributed by atoms with Crippen LogP contribution >= 0.6 is 0 Å². The molecule has 0 radical (unpaired) electrons. The number of nitrogens with one attached hydrogen (secondary N) is 1. The molecular weight excluding hydrogens is 214 g/mol. The summed E-state index contributed by atoms with van der Waals surface area (Å²) < 4.78 is 0. The number of hydrogen-bond acceptors (Lipinski definition) is 3. The minimum atomic E-state index is 0.0237. The molecule has 1 aromatic carbocycles. The van der Waals surface area contributed by atoms with Crippen molar-refractivity contribution in [2.45, 2.75) is 32.1 Å². The summed E-state index contributed by atoms with van der Waals surface area (Å²) >= 11 is 0. The van der Waals surface area contributed by atoms with Gasteiger partial charge >= 0.3 is 0 Å². The van der Waals surface area contributed by atoms with Gasteiger partial charge in [0, 0.05) is 6.42 Å². The first kappa shape index (κ1) is 13.5. The zero-order valence-corrected chi connectivity index (χ0v) is 10.1. The highest BCUT2D eigenvalue weighted by Crippen LogP contribution is 2.17. The van der Waals surface area contributed by atoms with Crippen LogP contribution in [-0.2, 0) is 4.79 Å². The Hall–Kier alpha value is -1.55. The third-order valence-electron chi connectivity index (χ3n) is 2.59. The van der Waals surface area contributed by atoms with E-state index < -0.39 is 0 Å². The quantitative estimate of drug-likeness (QED) is 0.500. The lowest BCUT2D eigenvalue weighted by atomic mass is 10.1. The molecule has 0 saturated heterocycles. The van der Waals surface area contributed by atoms with E-state index in [1.165, 1.54) is 0 Å². The number of nitrogen functional groups attached to an aromatic ring is 1. The van der Waals surface area contributed by atoms with Gasteiger partial charge in [-0.1, -0.05) is 25.0 Å². The number of benzene rings is 1. The van der Waals surface area contributed by atoms with E-state index in [-0.39, 0.29) is 5.91 Å². The first-order chi connectivity index (χ1) is 8.24. The molecule has 4 nitrogen and oxygen atoms in total. The fourth-order valence-corrected chi connectivity index (χ4v) is 1.61. The first-order valence-corrected chi connectivity index (χ1v) is 6.08. The second kappa shape index (κ2) is 7.68. The normalized spacial score (nSPS) is 10.2. The molecule has 0 atom stereocenters. The van der Waals surface area contributed by atoms with Crippen molar-refractivity contribution < 1.29 is 4.79 Å². The van der Waals surface area contributed by atoms with Gasteiger partial charge in [0.25, 0.3) is 0 Å². The first-order valence-electron chi connectivity index (χ1n) is 6.08. The Morgan fingerprint density at radius 1 is 1.12 bits per heavy atom. The molecule has 1 rings (SSSR count). The molecule has 4 heteroatoms. The molecule has 94 valence electrons. The van der Waals surface area contributed by atoms with Crippen molar-refractivity contribution in [3.8, 4) is 0 Å². The zero-order valence-electron chi connectivity index (χ0n) is 10.1. The molecule has 1 amide bonds. The van der Waals surface area contributed by atoms with Gasteiger partial charge in [-0.2, -0.15) is 0 Å². The van der Waals surface area contributed by atoms with Crippen molar-refractivity contribution >= 4 is 17.3 Å². The standard InChI is InChI=1S/C13H21N3O/c14-10-6-2-1-3-9-13(17)16-12-8-5-4-7-11(12)15/h4-5,7-8H,1-3,6,9-10,14-15H2,(H,16,17). The van der Waals surface area contributed by atoms with Gasteiger partial charge in [0.05, 0.1) is 11.4 Å². The van der Waals surface area contributed by atoms with Gasteiger partial charge in [0.2, 0.25) is 5.91 Å². The van der Waals surface area contributed by atoms with Gasteiger partial charge in [-0.05, 0) is 31.5 Å². The number of carbonyl (C=O) groups excluding carboxylic acids is 1. The molecule has 1 aromatic rings. The van der Waals surface area contributed by atoms with Crippen molar-refractivity contribution in [3.63, 3.8) is 0 Å². The average molecular weight is 235 g/mol. The van der Waals surface area contributed by atoms with Gasteiger partial charge < -0.3 is 16.8 Å². The molecule has 0 heterocycles. The SMILES string of the molecule is NCCCCCCC(=O)Nc1ccccc1N. The van der Waals surface area contributed by atoms with Crippen molar-refractivity contribution in [2.24, 2.45) is 5.73 Å². The number of rotatable bonds is 7. The molecule has 0 saturated carbocycles. The molecule has 0 aliphatic rings. The summed E-state index contributed by atoms with van der Waals surface area (Å²) in [5, 5.41) is 2.81. The largest absolute Gasteiger partial charge is 0.397 e. The minimum Gasteiger partial charge on any atom is -0.397 e. The molecular formula is C13H21N3O. The number of para-hydroxylation sites is 2. The number of nitrogens with two attached hydrogens (primary N) is 2. The van der Waals surface area contributed by atoms with E-state index in [0.29, 0.717) is 17.8 Å². The van der Waals surface area contributed by atoms with Gasteiger partial charge in [0.1, 0.15) is 0 Å². The zero-order chi connectivity index (χ0) is 12.5. The minimum absolute atomic E-state index is 0.0237. The Bertz CT molecular complexity index is 352.